The predicted octanol–water partition coefficient (Wildman–Crippen LogP) is 1.58. The fourth-order valence-corrected chi connectivity index (χ4v) is 2.34. The van der Waals surface area contributed by atoms with Crippen molar-refractivity contribution in [3.63, 3.8) is 0 Å². The van der Waals surface area contributed by atoms with Crippen LogP contribution in [-0.4, -0.2) is 24.5 Å². The van der Waals surface area contributed by atoms with E-state index in [-0.39, 0.29) is 11.0 Å². The lowest BCUT2D eigenvalue weighted by molar-refractivity contribution is 0.696. The van der Waals surface area contributed by atoms with Crippen molar-refractivity contribution in [2.24, 2.45) is 0 Å². The van der Waals surface area contributed by atoms with Crippen LogP contribution in [-0.2, 0) is 6.54 Å². The van der Waals surface area contributed by atoms with Gasteiger partial charge in [-0.3, -0.25) is 14.3 Å². The molecule has 0 fully saturated rings. The molecule has 0 saturated carbocycles. The first-order chi connectivity index (χ1) is 10.5. The molecule has 112 valence electrons. The number of hydrogen-bond acceptors (Lipinski definition) is 4. The fraction of sp³-hybridized carbons (Fsp3) is 0.0769. The van der Waals surface area contributed by atoms with Crippen LogP contribution < -0.4 is 11.2 Å². The Labute approximate surface area is 137 Å². The van der Waals surface area contributed by atoms with E-state index in [4.69, 9.17) is 11.6 Å². The average molecular weight is 383 g/mol. The van der Waals surface area contributed by atoms with Crippen LogP contribution in [0.2, 0.25) is 5.02 Å². The van der Waals surface area contributed by atoms with Crippen LogP contribution in [0, 0.1) is 0 Å². The Morgan fingerprint density at radius 2 is 1.91 bits per heavy atom. The van der Waals surface area contributed by atoms with E-state index in [1.165, 1.54) is 10.8 Å². The third-order valence-corrected chi connectivity index (χ3v) is 3.75. The van der Waals surface area contributed by atoms with Crippen LogP contribution in [0.4, 0.5) is 0 Å². The van der Waals surface area contributed by atoms with Crippen LogP contribution in [0.1, 0.15) is 5.69 Å². The van der Waals surface area contributed by atoms with E-state index in [2.05, 4.69) is 31.2 Å². The van der Waals surface area contributed by atoms with Crippen molar-refractivity contribution in [1.29, 1.82) is 0 Å². The molecule has 3 aromatic rings. The number of nitrogens with zero attached hydrogens (tertiary/aromatic N) is 4. The van der Waals surface area contributed by atoms with Crippen LogP contribution in [0.5, 0.6) is 0 Å². The smallest absolute Gasteiger partial charge is 0.293 e. The zero-order valence-electron chi connectivity index (χ0n) is 11.0. The maximum absolute atomic E-state index is 11.7. The molecule has 0 aliphatic heterocycles. The van der Waals surface area contributed by atoms with Gasteiger partial charge < -0.3 is 0 Å². The summed E-state index contributed by atoms with van der Waals surface area (Å²) in [5, 5.41) is 8.66. The Hall–Kier alpha value is -2.19. The van der Waals surface area contributed by atoms with Gasteiger partial charge in [0.1, 0.15) is 5.69 Å². The highest BCUT2D eigenvalue weighted by atomic mass is 79.9. The molecule has 2 heterocycles. The van der Waals surface area contributed by atoms with Crippen molar-refractivity contribution in [3.05, 3.63) is 72.7 Å². The summed E-state index contributed by atoms with van der Waals surface area (Å²) in [7, 11) is 0. The molecule has 22 heavy (non-hydrogen) atoms. The Morgan fingerprint density at radius 3 is 2.64 bits per heavy atom. The normalized spacial score (nSPS) is 10.8. The maximum Gasteiger partial charge on any atom is 0.328 e. The van der Waals surface area contributed by atoms with Gasteiger partial charge in [-0.2, -0.15) is 0 Å². The number of aromatic nitrogens is 5. The molecule has 0 atom stereocenters. The van der Waals surface area contributed by atoms with E-state index in [1.807, 2.05) is 12.1 Å². The minimum Gasteiger partial charge on any atom is -0.293 e. The standard InChI is InChI=1S/C13H9BrClN5O2/c14-11-7-19(13(22)16-12(11)21)5-9-6-20(18-17-9)10-3-1-8(15)2-4-10/h1-4,6-7H,5H2,(H,16,21,22). The largest absolute Gasteiger partial charge is 0.328 e. The molecule has 0 spiro atoms. The Bertz CT molecular complexity index is 929. The third-order valence-electron chi connectivity index (χ3n) is 2.93. The SMILES string of the molecule is O=c1[nH]c(=O)n(Cc2cn(-c3ccc(Cl)cc3)nn2)cc1Br. The molecule has 0 unspecified atom stereocenters. The first kappa shape index (κ1) is 14.7. The second-order valence-electron chi connectivity index (χ2n) is 4.50. The van der Waals surface area contributed by atoms with Crippen molar-refractivity contribution in [3.8, 4) is 5.69 Å². The summed E-state index contributed by atoms with van der Waals surface area (Å²) >= 11 is 8.92. The first-order valence-corrected chi connectivity index (χ1v) is 7.36. The quantitative estimate of drug-likeness (QED) is 0.745. The summed E-state index contributed by atoms with van der Waals surface area (Å²) in [6.07, 6.45) is 3.12. The van der Waals surface area contributed by atoms with Crippen LogP contribution in [0.25, 0.3) is 5.69 Å². The third kappa shape index (κ3) is 3.02. The van der Waals surface area contributed by atoms with Gasteiger partial charge in [-0.05, 0) is 40.2 Å². The van der Waals surface area contributed by atoms with Crippen molar-refractivity contribution >= 4 is 27.5 Å². The van der Waals surface area contributed by atoms with Gasteiger partial charge in [0.05, 0.1) is 22.9 Å². The van der Waals surface area contributed by atoms with E-state index in [0.717, 1.165) is 5.69 Å². The minimum atomic E-state index is -0.505. The van der Waals surface area contributed by atoms with Crippen LogP contribution in [0.15, 0.2) is 50.7 Å². The number of nitrogens with one attached hydrogen (secondary N) is 1. The first-order valence-electron chi connectivity index (χ1n) is 6.19. The molecule has 3 rings (SSSR count). The maximum atomic E-state index is 11.7. The molecule has 0 aliphatic rings. The summed E-state index contributed by atoms with van der Waals surface area (Å²) < 4.78 is 3.19. The fourth-order valence-electron chi connectivity index (χ4n) is 1.87. The lowest BCUT2D eigenvalue weighted by Gasteiger charge is -2.02. The van der Waals surface area contributed by atoms with Crippen molar-refractivity contribution in [2.45, 2.75) is 6.54 Å². The van der Waals surface area contributed by atoms with E-state index >= 15 is 0 Å². The highest BCUT2D eigenvalue weighted by molar-refractivity contribution is 9.10. The molecule has 0 aliphatic carbocycles. The van der Waals surface area contributed by atoms with Gasteiger partial charge in [0.25, 0.3) is 5.56 Å². The summed E-state index contributed by atoms with van der Waals surface area (Å²) in [5.41, 5.74) is 0.412. The van der Waals surface area contributed by atoms with Gasteiger partial charge >= 0.3 is 5.69 Å². The van der Waals surface area contributed by atoms with Gasteiger partial charge in [-0.25, -0.2) is 9.48 Å². The van der Waals surface area contributed by atoms with Gasteiger partial charge in [-0.1, -0.05) is 16.8 Å². The highest BCUT2D eigenvalue weighted by Gasteiger charge is 2.07. The number of H-pyrrole nitrogens is 1. The van der Waals surface area contributed by atoms with Gasteiger partial charge in [-0.15, -0.1) is 5.10 Å². The Kier molecular flexibility index (Phi) is 3.95. The zero-order valence-corrected chi connectivity index (χ0v) is 13.4. The minimum absolute atomic E-state index is 0.196. The second-order valence-corrected chi connectivity index (χ2v) is 5.79. The van der Waals surface area contributed by atoms with E-state index in [1.54, 1.807) is 23.0 Å². The molecule has 7 nitrogen and oxygen atoms in total. The summed E-state index contributed by atoms with van der Waals surface area (Å²) in [6.45, 7) is 0.196. The topological polar surface area (TPSA) is 85.6 Å². The van der Waals surface area contributed by atoms with Gasteiger partial charge in [0.15, 0.2) is 0 Å². The van der Waals surface area contributed by atoms with Gasteiger partial charge in [0.2, 0.25) is 0 Å². The molecule has 0 radical (unpaired) electrons. The molecular formula is C13H9BrClN5O2. The van der Waals surface area contributed by atoms with Crippen LogP contribution in [0.3, 0.4) is 0 Å². The average Bonchev–Trinajstić information content (AvgIpc) is 2.94. The number of rotatable bonds is 3. The predicted molar refractivity (Wildman–Crippen MR) is 84.5 cm³/mol. The molecule has 9 heteroatoms. The molecule has 1 aromatic carbocycles. The monoisotopic (exact) mass is 381 g/mol. The second kappa shape index (κ2) is 5.90. The molecule has 2 aromatic heterocycles. The van der Waals surface area contributed by atoms with E-state index in [0.29, 0.717) is 10.7 Å². The van der Waals surface area contributed by atoms with Crippen molar-refractivity contribution < 1.29 is 0 Å². The molecule has 0 saturated heterocycles. The highest BCUT2D eigenvalue weighted by Crippen LogP contribution is 2.12. The van der Waals surface area contributed by atoms with Gasteiger partial charge in [0, 0.05) is 11.2 Å². The molecule has 0 bridgehead atoms. The van der Waals surface area contributed by atoms with Crippen LogP contribution >= 0.6 is 27.5 Å². The van der Waals surface area contributed by atoms with E-state index in [9.17, 15) is 9.59 Å². The molecule has 1 N–H and O–H groups in total. The lowest BCUT2D eigenvalue weighted by Crippen LogP contribution is -2.30. The van der Waals surface area contributed by atoms with E-state index < -0.39 is 11.2 Å². The molecular weight excluding hydrogens is 374 g/mol. The number of benzene rings is 1. The number of aromatic amines is 1. The number of hydrogen-bond donors (Lipinski definition) is 1. The lowest BCUT2D eigenvalue weighted by atomic mass is 10.3. The summed E-state index contributed by atoms with van der Waals surface area (Å²) in [6, 6.07) is 7.12. The number of halogens is 2. The Morgan fingerprint density at radius 1 is 1.18 bits per heavy atom. The Balaban J connectivity index is 1.89. The molecule has 0 amide bonds. The summed E-state index contributed by atoms with van der Waals surface area (Å²) in [5.74, 6) is 0. The zero-order chi connectivity index (χ0) is 15.7. The van der Waals surface area contributed by atoms with Crippen molar-refractivity contribution in [1.82, 2.24) is 24.5 Å². The summed E-state index contributed by atoms with van der Waals surface area (Å²) in [4.78, 5) is 25.2. The van der Waals surface area contributed by atoms with Crippen molar-refractivity contribution in [2.75, 3.05) is 0 Å².